The zero-order valence-electron chi connectivity index (χ0n) is 10.7. The highest BCUT2D eigenvalue weighted by molar-refractivity contribution is 7.89. The number of benzene rings is 1. The zero-order valence-corrected chi connectivity index (χ0v) is 11.5. The highest BCUT2D eigenvalue weighted by atomic mass is 32.2. The molecule has 1 unspecified atom stereocenters. The van der Waals surface area contributed by atoms with Crippen LogP contribution in [0.3, 0.4) is 0 Å². The van der Waals surface area contributed by atoms with Crippen molar-refractivity contribution in [2.75, 3.05) is 13.3 Å². The van der Waals surface area contributed by atoms with Crippen LogP contribution in [-0.2, 0) is 15.6 Å². The molecule has 19 heavy (non-hydrogen) atoms. The summed E-state index contributed by atoms with van der Waals surface area (Å²) in [4.78, 5) is 0. The monoisotopic (exact) mass is 281 g/mol. The first-order valence-electron chi connectivity index (χ1n) is 5.72. The summed E-state index contributed by atoms with van der Waals surface area (Å²) in [6.07, 6.45) is 1.13. The van der Waals surface area contributed by atoms with Crippen LogP contribution in [0.25, 0.3) is 0 Å². The summed E-state index contributed by atoms with van der Waals surface area (Å²) in [7, 11) is -1.40. The Kier molecular flexibility index (Phi) is 3.96. The minimum atomic E-state index is -3.18. The second-order valence-corrected chi connectivity index (χ2v) is 6.38. The molecule has 1 aromatic carbocycles. The van der Waals surface area contributed by atoms with E-state index in [1.165, 1.54) is 0 Å². The molecule has 0 fully saturated rings. The minimum Gasteiger partial charge on any atom is -0.422 e. The van der Waals surface area contributed by atoms with Gasteiger partial charge in [0.05, 0.1) is 0 Å². The topological polar surface area (TPSA) is 85.1 Å². The third-order valence-corrected chi connectivity index (χ3v) is 3.31. The molecule has 0 saturated heterocycles. The summed E-state index contributed by atoms with van der Waals surface area (Å²) >= 11 is 0. The smallest absolute Gasteiger partial charge is 0.237 e. The fourth-order valence-electron chi connectivity index (χ4n) is 1.74. The first-order chi connectivity index (χ1) is 8.99. The molecule has 1 heterocycles. The molecule has 0 amide bonds. The number of hydrogen-bond acceptors (Lipinski definition) is 6. The predicted octanol–water partition coefficient (Wildman–Crippen LogP) is 0.923. The highest BCUT2D eigenvalue weighted by Gasteiger charge is 2.20. The third kappa shape index (κ3) is 3.62. The maximum atomic E-state index is 11.2. The molecule has 0 radical (unpaired) electrons. The number of nitrogens with one attached hydrogen (secondary N) is 1. The van der Waals surface area contributed by atoms with Crippen LogP contribution in [-0.4, -0.2) is 31.9 Å². The molecule has 0 bridgehead atoms. The van der Waals surface area contributed by atoms with E-state index in [9.17, 15) is 8.42 Å². The Hall–Kier alpha value is -1.73. The largest absolute Gasteiger partial charge is 0.422 e. The fourth-order valence-corrected chi connectivity index (χ4v) is 2.31. The van der Waals surface area contributed by atoms with E-state index in [-0.39, 0.29) is 17.7 Å². The number of aromatic nitrogens is 2. The van der Waals surface area contributed by atoms with Gasteiger partial charge < -0.3 is 9.73 Å². The maximum absolute atomic E-state index is 11.2. The Morgan fingerprint density at radius 1 is 1.26 bits per heavy atom. The zero-order chi connectivity index (χ0) is 13.9. The van der Waals surface area contributed by atoms with Gasteiger partial charge >= 0.3 is 0 Å². The van der Waals surface area contributed by atoms with Crippen molar-refractivity contribution in [3.63, 3.8) is 0 Å². The molecule has 7 heteroatoms. The SMILES string of the molecule is CNC(c1ccccc1)c1nnc(CS(C)(=O)=O)o1. The molecule has 1 aromatic heterocycles. The fraction of sp³-hybridized carbons (Fsp3) is 0.333. The van der Waals surface area contributed by atoms with Crippen LogP contribution in [0.2, 0.25) is 0 Å². The Bertz CT molecular complexity index is 637. The van der Waals surface area contributed by atoms with Crippen molar-refractivity contribution >= 4 is 9.84 Å². The van der Waals surface area contributed by atoms with E-state index in [2.05, 4.69) is 15.5 Å². The van der Waals surface area contributed by atoms with E-state index < -0.39 is 9.84 Å². The van der Waals surface area contributed by atoms with Crippen LogP contribution in [0.4, 0.5) is 0 Å². The van der Waals surface area contributed by atoms with Gasteiger partial charge in [-0.1, -0.05) is 30.3 Å². The van der Waals surface area contributed by atoms with Crippen LogP contribution in [0.15, 0.2) is 34.7 Å². The van der Waals surface area contributed by atoms with Crippen molar-refractivity contribution < 1.29 is 12.8 Å². The van der Waals surface area contributed by atoms with Gasteiger partial charge in [0.25, 0.3) is 0 Å². The van der Waals surface area contributed by atoms with Gasteiger partial charge in [-0.05, 0) is 12.6 Å². The quantitative estimate of drug-likeness (QED) is 0.877. The van der Waals surface area contributed by atoms with Gasteiger partial charge in [0.1, 0.15) is 11.8 Å². The van der Waals surface area contributed by atoms with Gasteiger partial charge in [-0.2, -0.15) is 0 Å². The van der Waals surface area contributed by atoms with Crippen LogP contribution < -0.4 is 5.32 Å². The lowest BCUT2D eigenvalue weighted by Crippen LogP contribution is -2.17. The lowest BCUT2D eigenvalue weighted by atomic mass is 10.1. The number of hydrogen-bond donors (Lipinski definition) is 1. The van der Waals surface area contributed by atoms with E-state index in [0.717, 1.165) is 11.8 Å². The Morgan fingerprint density at radius 2 is 1.95 bits per heavy atom. The summed E-state index contributed by atoms with van der Waals surface area (Å²) in [5.41, 5.74) is 0.972. The van der Waals surface area contributed by atoms with Gasteiger partial charge in [0.15, 0.2) is 9.84 Å². The standard InChI is InChI=1S/C12H15N3O3S/c1-13-11(9-6-4-3-5-7-9)12-15-14-10(18-12)8-19(2,16)17/h3-7,11,13H,8H2,1-2H3. The summed E-state index contributed by atoms with van der Waals surface area (Å²) in [5, 5.41) is 10.7. The highest BCUT2D eigenvalue weighted by Crippen LogP contribution is 2.20. The van der Waals surface area contributed by atoms with E-state index >= 15 is 0 Å². The van der Waals surface area contributed by atoms with E-state index in [1.807, 2.05) is 30.3 Å². The lowest BCUT2D eigenvalue weighted by Gasteiger charge is -2.11. The number of rotatable bonds is 5. The van der Waals surface area contributed by atoms with Gasteiger partial charge in [0.2, 0.25) is 11.8 Å². The van der Waals surface area contributed by atoms with Crippen molar-refractivity contribution in [2.45, 2.75) is 11.8 Å². The van der Waals surface area contributed by atoms with E-state index in [4.69, 9.17) is 4.42 Å². The molecule has 2 rings (SSSR count). The number of sulfone groups is 1. The van der Waals surface area contributed by atoms with Crippen LogP contribution in [0.5, 0.6) is 0 Å². The van der Waals surface area contributed by atoms with Gasteiger partial charge in [-0.25, -0.2) is 8.42 Å². The van der Waals surface area contributed by atoms with Crippen LogP contribution >= 0.6 is 0 Å². The van der Waals surface area contributed by atoms with E-state index in [0.29, 0.717) is 5.89 Å². The molecule has 1 N–H and O–H groups in total. The molecule has 0 aliphatic carbocycles. The predicted molar refractivity (Wildman–Crippen MR) is 70.2 cm³/mol. The maximum Gasteiger partial charge on any atom is 0.237 e. The van der Waals surface area contributed by atoms with Crippen molar-refractivity contribution in [1.82, 2.24) is 15.5 Å². The molecular formula is C12H15N3O3S. The van der Waals surface area contributed by atoms with Crippen molar-refractivity contribution in [3.8, 4) is 0 Å². The lowest BCUT2D eigenvalue weighted by molar-refractivity contribution is 0.424. The summed E-state index contributed by atoms with van der Waals surface area (Å²) in [6.45, 7) is 0. The minimum absolute atomic E-state index is 0.105. The molecular weight excluding hydrogens is 266 g/mol. The van der Waals surface area contributed by atoms with Gasteiger partial charge in [-0.3, -0.25) is 0 Å². The Morgan fingerprint density at radius 3 is 2.53 bits per heavy atom. The van der Waals surface area contributed by atoms with Crippen molar-refractivity contribution in [2.24, 2.45) is 0 Å². The average Bonchev–Trinajstić information content (AvgIpc) is 2.77. The molecule has 2 aromatic rings. The Labute approximate surface area is 111 Å². The molecule has 0 saturated carbocycles. The Balaban J connectivity index is 2.26. The van der Waals surface area contributed by atoms with E-state index in [1.54, 1.807) is 7.05 Å². The molecule has 0 aliphatic heterocycles. The second-order valence-electron chi connectivity index (χ2n) is 4.24. The summed E-state index contributed by atoms with van der Waals surface area (Å²) in [6, 6.07) is 9.35. The summed E-state index contributed by atoms with van der Waals surface area (Å²) < 4.78 is 27.8. The van der Waals surface area contributed by atoms with Crippen molar-refractivity contribution in [1.29, 1.82) is 0 Å². The van der Waals surface area contributed by atoms with Crippen LogP contribution in [0.1, 0.15) is 23.4 Å². The number of nitrogens with zero attached hydrogens (tertiary/aromatic N) is 2. The second kappa shape index (κ2) is 5.50. The first kappa shape index (κ1) is 13.7. The average molecular weight is 281 g/mol. The molecule has 1 atom stereocenters. The molecule has 102 valence electrons. The van der Waals surface area contributed by atoms with Gasteiger partial charge in [0, 0.05) is 6.26 Å². The van der Waals surface area contributed by atoms with Crippen LogP contribution in [0, 0.1) is 0 Å². The third-order valence-electron chi connectivity index (χ3n) is 2.54. The van der Waals surface area contributed by atoms with Crippen molar-refractivity contribution in [3.05, 3.63) is 47.7 Å². The molecule has 0 aliphatic rings. The van der Waals surface area contributed by atoms with Gasteiger partial charge in [-0.15, -0.1) is 10.2 Å². The molecule has 6 nitrogen and oxygen atoms in total. The summed E-state index contributed by atoms with van der Waals surface area (Å²) in [5.74, 6) is 0.214. The first-order valence-corrected chi connectivity index (χ1v) is 7.78. The molecule has 0 spiro atoms. The normalized spacial score (nSPS) is 13.4.